The first-order chi connectivity index (χ1) is 20.4. The lowest BCUT2D eigenvalue weighted by molar-refractivity contribution is -0.140. The number of hydrogen-bond acceptors (Lipinski definition) is 7. The molecular weight excluding hydrogens is 564 g/mol. The highest BCUT2D eigenvalue weighted by Crippen LogP contribution is 2.35. The van der Waals surface area contributed by atoms with E-state index in [2.05, 4.69) is 20.2 Å². The molecule has 0 aliphatic carbocycles. The van der Waals surface area contributed by atoms with E-state index in [1.807, 2.05) is 24.1 Å². The highest BCUT2D eigenvalue weighted by atomic mass is 19.4. The number of hydrazine groups is 1. The number of amides is 1. The molecule has 1 saturated heterocycles. The summed E-state index contributed by atoms with van der Waals surface area (Å²) >= 11 is 0. The number of aryl methyl sites for hydroxylation is 1. The first-order valence-electron chi connectivity index (χ1n) is 13.6. The summed E-state index contributed by atoms with van der Waals surface area (Å²) in [6.45, 7) is 4.39. The summed E-state index contributed by atoms with van der Waals surface area (Å²) < 4.78 is 56.3. The van der Waals surface area contributed by atoms with Gasteiger partial charge in [-0.15, -0.1) is 0 Å². The van der Waals surface area contributed by atoms with Gasteiger partial charge in [0.05, 0.1) is 16.9 Å². The zero-order valence-corrected chi connectivity index (χ0v) is 23.7. The first kappa shape index (κ1) is 30.0. The summed E-state index contributed by atoms with van der Waals surface area (Å²) in [6.07, 6.45) is -0.0856. The maximum atomic E-state index is 15.0. The van der Waals surface area contributed by atoms with Crippen LogP contribution in [0.25, 0.3) is 16.7 Å². The number of carbonyl (C=O) groups is 1. The van der Waals surface area contributed by atoms with Crippen molar-refractivity contribution in [3.63, 3.8) is 0 Å². The lowest BCUT2D eigenvalue weighted by atomic mass is 10.1. The number of likely N-dealkylation sites (N-methyl/N-ethyl adjacent to an activating group) is 1. The van der Waals surface area contributed by atoms with Crippen molar-refractivity contribution in [3.05, 3.63) is 94.7 Å². The number of fused-ring (bicyclic) bond motifs is 1. The van der Waals surface area contributed by atoms with E-state index >= 15 is 4.39 Å². The van der Waals surface area contributed by atoms with Crippen LogP contribution in [0.15, 0.2) is 61.1 Å². The number of aromatic nitrogens is 2. The number of aromatic amines is 1. The van der Waals surface area contributed by atoms with E-state index in [4.69, 9.17) is 11.6 Å². The molecule has 0 spiro atoms. The smallest absolute Gasteiger partial charge is 0.397 e. The van der Waals surface area contributed by atoms with Crippen LogP contribution in [0, 0.1) is 12.7 Å². The summed E-state index contributed by atoms with van der Waals surface area (Å²) in [7, 11) is 1.95. The Hall–Kier alpha value is -4.46. The van der Waals surface area contributed by atoms with Crippen LogP contribution in [0.3, 0.4) is 0 Å². The van der Waals surface area contributed by atoms with Crippen molar-refractivity contribution in [2.45, 2.75) is 19.6 Å². The molecule has 1 aliphatic heterocycles. The average molecular weight is 597 g/mol. The number of alkyl halides is 3. The van der Waals surface area contributed by atoms with Crippen LogP contribution in [0.4, 0.5) is 28.9 Å². The summed E-state index contributed by atoms with van der Waals surface area (Å²) in [4.78, 5) is 24.5. The van der Waals surface area contributed by atoms with Gasteiger partial charge in [-0.1, -0.05) is 6.07 Å². The monoisotopic (exact) mass is 596 g/mol. The fraction of sp³-hybridized carbons (Fsp3) is 0.267. The number of anilines is 2. The minimum Gasteiger partial charge on any atom is -0.397 e. The second-order valence-corrected chi connectivity index (χ2v) is 10.7. The molecule has 0 atom stereocenters. The number of H-pyrrole nitrogens is 1. The van der Waals surface area contributed by atoms with Gasteiger partial charge < -0.3 is 20.9 Å². The van der Waals surface area contributed by atoms with Crippen molar-refractivity contribution in [2.24, 2.45) is 11.6 Å². The first-order valence-corrected chi connectivity index (χ1v) is 13.6. The number of halogens is 4. The molecule has 13 heteroatoms. The molecule has 0 bridgehead atoms. The van der Waals surface area contributed by atoms with Gasteiger partial charge in [-0.05, 0) is 55.9 Å². The van der Waals surface area contributed by atoms with Crippen molar-refractivity contribution in [3.8, 4) is 0 Å². The van der Waals surface area contributed by atoms with Crippen LogP contribution < -0.4 is 21.9 Å². The Bertz CT molecular complexity index is 1670. The summed E-state index contributed by atoms with van der Waals surface area (Å²) in [5.74, 6) is 4.28. The fourth-order valence-electron chi connectivity index (χ4n) is 4.95. The predicted octanol–water partition coefficient (Wildman–Crippen LogP) is 4.67. The molecule has 4 aromatic rings. The van der Waals surface area contributed by atoms with Crippen LogP contribution in [0.5, 0.6) is 0 Å². The Kier molecular flexibility index (Phi) is 8.40. The van der Waals surface area contributed by atoms with Crippen molar-refractivity contribution in [1.82, 2.24) is 19.8 Å². The molecule has 6 N–H and O–H groups in total. The van der Waals surface area contributed by atoms with Crippen molar-refractivity contribution >= 4 is 34.0 Å². The Morgan fingerprint density at radius 1 is 1.12 bits per heavy atom. The van der Waals surface area contributed by atoms with E-state index in [0.717, 1.165) is 24.0 Å². The van der Waals surface area contributed by atoms with Gasteiger partial charge in [0, 0.05) is 79.1 Å². The third-order valence-corrected chi connectivity index (χ3v) is 7.46. The number of benzene rings is 2. The molecule has 2 aromatic heterocycles. The second kappa shape index (κ2) is 12.0. The predicted molar refractivity (Wildman–Crippen MR) is 158 cm³/mol. The van der Waals surface area contributed by atoms with Gasteiger partial charge in [-0.25, -0.2) is 15.2 Å². The molecule has 43 heavy (non-hydrogen) atoms. The maximum absolute atomic E-state index is 15.0. The van der Waals surface area contributed by atoms with E-state index in [1.165, 1.54) is 29.4 Å². The van der Waals surface area contributed by atoms with E-state index in [-0.39, 0.29) is 23.4 Å². The van der Waals surface area contributed by atoms with Crippen LogP contribution in [0.2, 0.25) is 0 Å². The second-order valence-electron chi connectivity index (χ2n) is 10.7. The molecular formula is C30H32F4N8O. The van der Waals surface area contributed by atoms with E-state index in [0.29, 0.717) is 41.8 Å². The zero-order valence-electron chi connectivity index (χ0n) is 23.7. The molecule has 0 radical (unpaired) electrons. The Labute approximate surface area is 245 Å². The molecule has 3 heterocycles. The number of piperazine rings is 1. The van der Waals surface area contributed by atoms with Gasteiger partial charge in [-0.2, -0.15) is 13.2 Å². The quantitative estimate of drug-likeness (QED) is 0.139. The molecule has 226 valence electrons. The minimum absolute atomic E-state index is 0.0103. The van der Waals surface area contributed by atoms with Crippen molar-refractivity contribution in [1.29, 1.82) is 0 Å². The summed E-state index contributed by atoms with van der Waals surface area (Å²) in [6, 6.07) is 10.3. The normalized spacial score (nSPS) is 15.2. The van der Waals surface area contributed by atoms with Crippen molar-refractivity contribution < 1.29 is 22.4 Å². The molecule has 0 unspecified atom stereocenters. The number of pyridine rings is 1. The molecule has 5 rings (SSSR count). The number of nitrogens with one attached hydrogen (secondary N) is 2. The van der Waals surface area contributed by atoms with Crippen LogP contribution in [-0.4, -0.2) is 58.9 Å². The van der Waals surface area contributed by atoms with Gasteiger partial charge in [-0.3, -0.25) is 14.7 Å². The van der Waals surface area contributed by atoms with E-state index < -0.39 is 23.5 Å². The van der Waals surface area contributed by atoms with Gasteiger partial charge in [0.1, 0.15) is 11.5 Å². The molecule has 9 nitrogen and oxygen atoms in total. The number of nitrogens with two attached hydrogens (primary N) is 2. The van der Waals surface area contributed by atoms with Crippen LogP contribution in [-0.2, 0) is 12.7 Å². The molecule has 1 fully saturated rings. The maximum Gasteiger partial charge on any atom is 0.419 e. The third kappa shape index (κ3) is 6.79. The SMILES string of the molecule is Cc1ccc(C(=O)Nc2cc(CN3CCN(C)CC3)c(F)c(C(F)(F)F)c2)cc1N(N)/C=C(\N)c1cnc2[nH]ccc2c1. The van der Waals surface area contributed by atoms with E-state index in [1.54, 1.807) is 25.4 Å². The summed E-state index contributed by atoms with van der Waals surface area (Å²) in [5, 5.41) is 4.64. The minimum atomic E-state index is -4.94. The number of carbonyl (C=O) groups excluding carboxylic acids is 1. The summed E-state index contributed by atoms with van der Waals surface area (Å²) in [5.41, 5.74) is 7.52. The highest BCUT2D eigenvalue weighted by Gasteiger charge is 2.36. The number of hydrogen-bond donors (Lipinski definition) is 4. The molecule has 2 aromatic carbocycles. The molecule has 0 saturated carbocycles. The Morgan fingerprint density at radius 2 is 1.86 bits per heavy atom. The Balaban J connectivity index is 1.38. The highest BCUT2D eigenvalue weighted by molar-refractivity contribution is 6.05. The molecule has 1 amide bonds. The van der Waals surface area contributed by atoms with Crippen LogP contribution in [0.1, 0.15) is 32.6 Å². The van der Waals surface area contributed by atoms with E-state index in [9.17, 15) is 18.0 Å². The number of rotatable bonds is 7. The topological polar surface area (TPSA) is 120 Å². The van der Waals surface area contributed by atoms with Gasteiger partial charge in [0.25, 0.3) is 5.91 Å². The van der Waals surface area contributed by atoms with Gasteiger partial charge in [0.2, 0.25) is 0 Å². The molecule has 1 aliphatic rings. The zero-order chi connectivity index (χ0) is 30.9. The lowest BCUT2D eigenvalue weighted by Gasteiger charge is -2.32. The lowest BCUT2D eigenvalue weighted by Crippen LogP contribution is -2.44. The average Bonchev–Trinajstić information content (AvgIpc) is 3.43. The van der Waals surface area contributed by atoms with Gasteiger partial charge in [0.15, 0.2) is 0 Å². The fourth-order valence-corrected chi connectivity index (χ4v) is 4.95. The third-order valence-electron chi connectivity index (χ3n) is 7.46. The number of nitrogens with zero attached hydrogens (tertiary/aromatic N) is 4. The standard InChI is InChI=1S/C30H32F4N8O/c1-18-3-4-20(13-26(18)42(36)17-25(35)21-11-19-5-6-37-28(19)38-15-21)29(43)39-23-12-22(16-41-9-7-40(2)8-10-41)27(31)24(14-23)30(32,33)34/h3-6,11-15,17H,7-10,16,35-36H2,1-2H3,(H,37,38)(H,39,43)/b25-17-. The van der Waals surface area contributed by atoms with Gasteiger partial charge >= 0.3 is 6.18 Å². The van der Waals surface area contributed by atoms with Crippen LogP contribution >= 0.6 is 0 Å². The largest absolute Gasteiger partial charge is 0.419 e. The van der Waals surface area contributed by atoms with Crippen molar-refractivity contribution in [2.75, 3.05) is 43.6 Å². The Morgan fingerprint density at radius 3 is 2.58 bits per heavy atom.